The molecule has 0 spiro atoms. The molecule has 2 N–H and O–H groups in total. The van der Waals surface area contributed by atoms with Crippen LogP contribution >= 0.6 is 0 Å². The first-order valence-corrected chi connectivity index (χ1v) is 8.69. The molecule has 0 saturated carbocycles. The molecular formula is C18H22F3N3O. The van der Waals surface area contributed by atoms with Crippen molar-refractivity contribution in [1.29, 1.82) is 0 Å². The van der Waals surface area contributed by atoms with Crippen LogP contribution in [0.2, 0.25) is 0 Å². The maximum atomic E-state index is 12.9. The van der Waals surface area contributed by atoms with Crippen molar-refractivity contribution in [3.63, 3.8) is 0 Å². The lowest BCUT2D eigenvalue weighted by Crippen LogP contribution is -2.66. The highest BCUT2D eigenvalue weighted by Crippen LogP contribution is 2.32. The Balaban J connectivity index is 1.46. The fraction of sp³-hybridized carbons (Fsp3) is 0.556. The van der Waals surface area contributed by atoms with Crippen LogP contribution in [-0.2, 0) is 17.5 Å². The number of hydrogen-bond donors (Lipinski definition) is 2. The van der Waals surface area contributed by atoms with Crippen LogP contribution in [0.3, 0.4) is 0 Å². The van der Waals surface area contributed by atoms with E-state index in [-0.39, 0.29) is 5.54 Å². The number of aromatic amines is 1. The molecule has 2 aliphatic heterocycles. The first kappa shape index (κ1) is 16.9. The van der Waals surface area contributed by atoms with E-state index in [1.165, 1.54) is 25.0 Å². The second-order valence-electron chi connectivity index (χ2n) is 7.09. The van der Waals surface area contributed by atoms with Crippen LogP contribution < -0.4 is 5.32 Å². The molecule has 0 radical (unpaired) electrons. The van der Waals surface area contributed by atoms with Crippen LogP contribution in [-0.4, -0.2) is 48.3 Å². The maximum absolute atomic E-state index is 12.9. The summed E-state index contributed by atoms with van der Waals surface area (Å²) in [4.78, 5) is 5.54. The van der Waals surface area contributed by atoms with Crippen LogP contribution in [0, 0.1) is 0 Å². The standard InChI is InChI=1S/C18H22F3N3O/c19-18(20,21)14-3-4-16-15(7-14)13(9-23-16)8-22-10-17(11-25-12-17)24-5-1-2-6-24/h3-4,7,9,22-23H,1-2,5-6,8,10-12H2. The van der Waals surface area contributed by atoms with Crippen LogP contribution in [0.15, 0.2) is 24.4 Å². The Labute approximate surface area is 144 Å². The van der Waals surface area contributed by atoms with Gasteiger partial charge in [0.05, 0.1) is 24.3 Å². The molecule has 0 amide bonds. The molecule has 7 heteroatoms. The van der Waals surface area contributed by atoms with Gasteiger partial charge in [-0.15, -0.1) is 0 Å². The van der Waals surface area contributed by atoms with Gasteiger partial charge in [0.15, 0.2) is 0 Å². The predicted molar refractivity (Wildman–Crippen MR) is 89.4 cm³/mol. The van der Waals surface area contributed by atoms with Gasteiger partial charge in [0, 0.05) is 30.2 Å². The summed E-state index contributed by atoms with van der Waals surface area (Å²) in [5, 5.41) is 4.06. The molecular weight excluding hydrogens is 331 g/mol. The smallest absolute Gasteiger partial charge is 0.377 e. The highest BCUT2D eigenvalue weighted by molar-refractivity contribution is 5.84. The number of alkyl halides is 3. The van der Waals surface area contributed by atoms with Crippen molar-refractivity contribution in [3.8, 4) is 0 Å². The first-order chi connectivity index (χ1) is 12.0. The third-order valence-corrected chi connectivity index (χ3v) is 5.38. The molecule has 4 nitrogen and oxygen atoms in total. The van der Waals surface area contributed by atoms with Gasteiger partial charge < -0.3 is 15.0 Å². The predicted octanol–water partition coefficient (Wildman–Crippen LogP) is 3.14. The van der Waals surface area contributed by atoms with Gasteiger partial charge in [0.1, 0.15) is 0 Å². The number of ether oxygens (including phenoxy) is 1. The lowest BCUT2D eigenvalue weighted by Gasteiger charge is -2.48. The number of nitrogens with one attached hydrogen (secondary N) is 2. The topological polar surface area (TPSA) is 40.3 Å². The van der Waals surface area contributed by atoms with E-state index in [2.05, 4.69) is 15.2 Å². The van der Waals surface area contributed by atoms with Crippen LogP contribution in [0.1, 0.15) is 24.0 Å². The van der Waals surface area contributed by atoms with Crippen LogP contribution in [0.5, 0.6) is 0 Å². The molecule has 0 aliphatic carbocycles. The molecule has 0 unspecified atom stereocenters. The number of H-pyrrole nitrogens is 1. The van der Waals surface area contributed by atoms with Gasteiger partial charge >= 0.3 is 6.18 Å². The second-order valence-corrected chi connectivity index (χ2v) is 7.09. The Morgan fingerprint density at radius 3 is 2.60 bits per heavy atom. The average Bonchev–Trinajstić information content (AvgIpc) is 3.19. The van der Waals surface area contributed by atoms with E-state index in [0.29, 0.717) is 11.9 Å². The molecule has 0 atom stereocenters. The van der Waals surface area contributed by atoms with Crippen LogP contribution in [0.25, 0.3) is 10.9 Å². The number of nitrogens with zero attached hydrogens (tertiary/aromatic N) is 1. The molecule has 25 heavy (non-hydrogen) atoms. The highest BCUT2D eigenvalue weighted by atomic mass is 19.4. The first-order valence-electron chi connectivity index (χ1n) is 8.69. The summed E-state index contributed by atoms with van der Waals surface area (Å²) in [6.07, 6.45) is -0.0777. The molecule has 136 valence electrons. The van der Waals surface area contributed by atoms with Gasteiger partial charge in [-0.1, -0.05) is 0 Å². The summed E-state index contributed by atoms with van der Waals surface area (Å²) in [6.45, 7) is 4.99. The minimum absolute atomic E-state index is 0.0553. The zero-order valence-electron chi connectivity index (χ0n) is 14.0. The Hall–Kier alpha value is -1.57. The SMILES string of the molecule is FC(F)(F)c1ccc2[nH]cc(CNCC3(N4CCCC4)COC3)c2c1. The lowest BCUT2D eigenvalue weighted by molar-refractivity contribution is -0.137. The van der Waals surface area contributed by atoms with Crippen LogP contribution in [0.4, 0.5) is 13.2 Å². The van der Waals surface area contributed by atoms with Gasteiger partial charge in [0.2, 0.25) is 0 Å². The summed E-state index contributed by atoms with van der Waals surface area (Å²) in [7, 11) is 0. The summed E-state index contributed by atoms with van der Waals surface area (Å²) < 4.78 is 44.3. The van der Waals surface area contributed by atoms with E-state index >= 15 is 0 Å². The van der Waals surface area contributed by atoms with E-state index in [9.17, 15) is 13.2 Å². The van der Waals surface area contributed by atoms with Crippen molar-refractivity contribution in [2.75, 3.05) is 32.8 Å². The molecule has 3 heterocycles. The number of halogens is 3. The van der Waals surface area contributed by atoms with E-state index in [0.717, 1.165) is 50.0 Å². The molecule has 1 aromatic heterocycles. The summed E-state index contributed by atoms with van der Waals surface area (Å²) in [5.74, 6) is 0. The monoisotopic (exact) mass is 353 g/mol. The van der Waals surface area contributed by atoms with E-state index in [1.54, 1.807) is 6.20 Å². The lowest BCUT2D eigenvalue weighted by atomic mass is 9.95. The molecule has 2 fully saturated rings. The molecule has 0 bridgehead atoms. The minimum Gasteiger partial charge on any atom is -0.377 e. The van der Waals surface area contributed by atoms with Gasteiger partial charge in [0.25, 0.3) is 0 Å². The Kier molecular flexibility index (Phi) is 4.25. The molecule has 1 aromatic carbocycles. The molecule has 2 aliphatic rings. The van der Waals surface area contributed by atoms with Crippen molar-refractivity contribution in [1.82, 2.24) is 15.2 Å². The van der Waals surface area contributed by atoms with Gasteiger partial charge in [-0.25, -0.2) is 0 Å². The zero-order valence-corrected chi connectivity index (χ0v) is 14.0. The van der Waals surface area contributed by atoms with Crippen molar-refractivity contribution in [3.05, 3.63) is 35.5 Å². The van der Waals surface area contributed by atoms with Crippen molar-refractivity contribution < 1.29 is 17.9 Å². The quantitative estimate of drug-likeness (QED) is 0.868. The minimum atomic E-state index is -4.32. The molecule has 2 aromatic rings. The molecule has 2 saturated heterocycles. The highest BCUT2D eigenvalue weighted by Gasteiger charge is 2.44. The third-order valence-electron chi connectivity index (χ3n) is 5.38. The Morgan fingerprint density at radius 1 is 1.20 bits per heavy atom. The van der Waals surface area contributed by atoms with Crippen molar-refractivity contribution >= 4 is 10.9 Å². The summed E-state index contributed by atoms with van der Waals surface area (Å²) in [5.41, 5.74) is 1.03. The van der Waals surface area contributed by atoms with E-state index < -0.39 is 11.7 Å². The van der Waals surface area contributed by atoms with Gasteiger partial charge in [-0.05, 0) is 49.7 Å². The summed E-state index contributed by atoms with van der Waals surface area (Å²) >= 11 is 0. The number of aromatic nitrogens is 1. The van der Waals surface area contributed by atoms with E-state index in [1.807, 2.05) is 0 Å². The second kappa shape index (κ2) is 6.30. The number of hydrogen-bond acceptors (Lipinski definition) is 3. The number of fused-ring (bicyclic) bond motifs is 1. The van der Waals surface area contributed by atoms with Crippen molar-refractivity contribution in [2.45, 2.75) is 31.1 Å². The normalized spacial score (nSPS) is 20.9. The average molecular weight is 353 g/mol. The largest absolute Gasteiger partial charge is 0.416 e. The number of likely N-dealkylation sites (tertiary alicyclic amines) is 1. The Bertz CT molecular complexity index is 746. The third kappa shape index (κ3) is 3.16. The maximum Gasteiger partial charge on any atom is 0.416 e. The number of benzene rings is 1. The zero-order chi connectivity index (χ0) is 17.5. The van der Waals surface area contributed by atoms with Gasteiger partial charge in [-0.3, -0.25) is 4.90 Å². The number of rotatable bonds is 5. The van der Waals surface area contributed by atoms with E-state index in [4.69, 9.17) is 4.74 Å². The summed E-state index contributed by atoms with van der Waals surface area (Å²) in [6, 6.07) is 3.84. The fourth-order valence-corrected chi connectivity index (χ4v) is 3.86. The van der Waals surface area contributed by atoms with Gasteiger partial charge in [-0.2, -0.15) is 13.2 Å². The fourth-order valence-electron chi connectivity index (χ4n) is 3.86. The Morgan fingerprint density at radius 2 is 1.96 bits per heavy atom. The molecule has 4 rings (SSSR count). The van der Waals surface area contributed by atoms with Crippen molar-refractivity contribution in [2.24, 2.45) is 0 Å².